The van der Waals surface area contributed by atoms with Crippen molar-refractivity contribution in [2.45, 2.75) is 58.1 Å². The lowest BCUT2D eigenvalue weighted by Crippen LogP contribution is -2.42. The average Bonchev–Trinajstić information content (AvgIpc) is 3.36. The van der Waals surface area contributed by atoms with E-state index >= 15 is 0 Å². The SMILES string of the molecule is CC(C)(C)OC(=O)NCC1CCCN(c2cc(NC3CC3)ncn2)C1. The van der Waals surface area contributed by atoms with E-state index in [-0.39, 0.29) is 6.09 Å². The molecule has 1 unspecified atom stereocenters. The molecule has 2 aliphatic rings. The zero-order chi connectivity index (χ0) is 17.9. The Kier molecular flexibility index (Phi) is 5.30. The average molecular weight is 347 g/mol. The van der Waals surface area contributed by atoms with E-state index in [0.717, 1.165) is 37.6 Å². The molecule has 1 saturated carbocycles. The van der Waals surface area contributed by atoms with Crippen LogP contribution < -0.4 is 15.5 Å². The molecule has 0 spiro atoms. The van der Waals surface area contributed by atoms with Gasteiger partial charge in [0.15, 0.2) is 0 Å². The molecule has 2 fully saturated rings. The van der Waals surface area contributed by atoms with Crippen molar-refractivity contribution in [3.8, 4) is 0 Å². The zero-order valence-electron chi connectivity index (χ0n) is 15.4. The second kappa shape index (κ2) is 7.45. The smallest absolute Gasteiger partial charge is 0.407 e. The standard InChI is InChI=1S/C18H29N5O2/c1-18(2,3)25-17(24)19-10-13-5-4-8-23(11-13)16-9-15(20-12-21-16)22-14-6-7-14/h9,12-14H,4-8,10-11H2,1-3H3,(H,19,24)(H,20,21,22). The third-order valence-corrected chi connectivity index (χ3v) is 4.36. The summed E-state index contributed by atoms with van der Waals surface area (Å²) in [7, 11) is 0. The maximum atomic E-state index is 11.8. The number of carbonyl (C=O) groups is 1. The number of alkyl carbamates (subject to hydrolysis) is 1. The van der Waals surface area contributed by atoms with Gasteiger partial charge in [-0.05, 0) is 52.4 Å². The van der Waals surface area contributed by atoms with Gasteiger partial charge in [0.1, 0.15) is 23.6 Å². The van der Waals surface area contributed by atoms with Gasteiger partial charge >= 0.3 is 6.09 Å². The highest BCUT2D eigenvalue weighted by atomic mass is 16.6. The van der Waals surface area contributed by atoms with E-state index in [1.54, 1.807) is 6.33 Å². The number of nitrogens with one attached hydrogen (secondary N) is 2. The van der Waals surface area contributed by atoms with E-state index in [1.807, 2.05) is 26.8 Å². The summed E-state index contributed by atoms with van der Waals surface area (Å²) >= 11 is 0. The van der Waals surface area contributed by atoms with Crippen LogP contribution in [0, 0.1) is 5.92 Å². The maximum absolute atomic E-state index is 11.8. The normalized spacial score (nSPS) is 20.9. The molecule has 25 heavy (non-hydrogen) atoms. The van der Waals surface area contributed by atoms with Crippen molar-refractivity contribution in [1.29, 1.82) is 0 Å². The summed E-state index contributed by atoms with van der Waals surface area (Å²) in [4.78, 5) is 22.8. The molecule has 138 valence electrons. The van der Waals surface area contributed by atoms with Crippen LogP contribution in [0.25, 0.3) is 0 Å². The first kappa shape index (κ1) is 17.8. The number of anilines is 2. The van der Waals surface area contributed by atoms with E-state index in [0.29, 0.717) is 18.5 Å². The predicted octanol–water partition coefficient (Wildman–Crippen LogP) is 2.79. The quantitative estimate of drug-likeness (QED) is 0.853. The lowest BCUT2D eigenvalue weighted by molar-refractivity contribution is 0.0517. The highest BCUT2D eigenvalue weighted by Crippen LogP contribution is 2.26. The van der Waals surface area contributed by atoms with E-state index in [9.17, 15) is 4.79 Å². The molecular formula is C18H29N5O2. The summed E-state index contributed by atoms with van der Waals surface area (Å²) in [5.74, 6) is 2.26. The number of hydrogen-bond acceptors (Lipinski definition) is 6. The van der Waals surface area contributed by atoms with Crippen molar-refractivity contribution in [2.24, 2.45) is 5.92 Å². The number of rotatable bonds is 5. The maximum Gasteiger partial charge on any atom is 0.407 e. The minimum Gasteiger partial charge on any atom is -0.444 e. The Morgan fingerprint density at radius 1 is 1.32 bits per heavy atom. The minimum atomic E-state index is -0.464. The molecule has 1 saturated heterocycles. The van der Waals surface area contributed by atoms with Gasteiger partial charge in [-0.3, -0.25) is 0 Å². The number of amides is 1. The number of nitrogens with zero attached hydrogens (tertiary/aromatic N) is 3. The first-order valence-corrected chi connectivity index (χ1v) is 9.19. The molecule has 7 heteroatoms. The van der Waals surface area contributed by atoms with Gasteiger partial charge in [0.2, 0.25) is 0 Å². The summed E-state index contributed by atoms with van der Waals surface area (Å²) in [6.07, 6.45) is 5.93. The Hall–Kier alpha value is -2.05. The Bertz CT molecular complexity index is 597. The molecular weight excluding hydrogens is 318 g/mol. The number of hydrogen-bond donors (Lipinski definition) is 2. The minimum absolute atomic E-state index is 0.345. The summed E-state index contributed by atoms with van der Waals surface area (Å²) in [6.45, 7) is 8.12. The molecule has 2 heterocycles. The predicted molar refractivity (Wildman–Crippen MR) is 97.9 cm³/mol. The molecule has 0 aromatic carbocycles. The fourth-order valence-electron chi connectivity index (χ4n) is 3.02. The van der Waals surface area contributed by atoms with Gasteiger partial charge in [-0.1, -0.05) is 0 Å². The lowest BCUT2D eigenvalue weighted by atomic mass is 9.98. The molecule has 3 rings (SSSR count). The van der Waals surface area contributed by atoms with E-state index in [2.05, 4.69) is 25.5 Å². The largest absolute Gasteiger partial charge is 0.444 e. The number of aromatic nitrogens is 2. The highest BCUT2D eigenvalue weighted by molar-refractivity contribution is 5.67. The van der Waals surface area contributed by atoms with Crippen molar-refractivity contribution in [3.63, 3.8) is 0 Å². The van der Waals surface area contributed by atoms with Crippen LogP contribution in [0.1, 0.15) is 46.5 Å². The van der Waals surface area contributed by atoms with Crippen LogP contribution in [0.5, 0.6) is 0 Å². The van der Waals surface area contributed by atoms with Gasteiger partial charge in [0, 0.05) is 31.7 Å². The molecule has 1 aliphatic carbocycles. The van der Waals surface area contributed by atoms with E-state index < -0.39 is 5.60 Å². The van der Waals surface area contributed by atoms with Crippen LogP contribution in [-0.4, -0.2) is 47.3 Å². The molecule has 7 nitrogen and oxygen atoms in total. The molecule has 0 bridgehead atoms. The number of piperidine rings is 1. The third kappa shape index (κ3) is 5.76. The van der Waals surface area contributed by atoms with Gasteiger partial charge in [0.05, 0.1) is 0 Å². The fraction of sp³-hybridized carbons (Fsp3) is 0.722. The lowest BCUT2D eigenvalue weighted by Gasteiger charge is -2.33. The van der Waals surface area contributed by atoms with Crippen LogP contribution in [0.4, 0.5) is 16.4 Å². The van der Waals surface area contributed by atoms with Gasteiger partial charge in [-0.15, -0.1) is 0 Å². The third-order valence-electron chi connectivity index (χ3n) is 4.36. The molecule has 2 N–H and O–H groups in total. The van der Waals surface area contributed by atoms with Crippen LogP contribution in [0.2, 0.25) is 0 Å². The van der Waals surface area contributed by atoms with Gasteiger partial charge < -0.3 is 20.3 Å². The fourth-order valence-corrected chi connectivity index (χ4v) is 3.02. The molecule has 1 aromatic heterocycles. The summed E-state index contributed by atoms with van der Waals surface area (Å²) in [5, 5.41) is 6.31. The zero-order valence-corrected chi connectivity index (χ0v) is 15.4. The Labute approximate surface area is 149 Å². The van der Waals surface area contributed by atoms with Crippen molar-refractivity contribution < 1.29 is 9.53 Å². The summed E-state index contributed by atoms with van der Waals surface area (Å²) < 4.78 is 5.31. The first-order chi connectivity index (χ1) is 11.9. The second-order valence-electron chi connectivity index (χ2n) is 8.02. The topological polar surface area (TPSA) is 79.4 Å². The second-order valence-corrected chi connectivity index (χ2v) is 8.02. The Balaban J connectivity index is 1.51. The highest BCUT2D eigenvalue weighted by Gasteiger charge is 2.24. The first-order valence-electron chi connectivity index (χ1n) is 9.19. The van der Waals surface area contributed by atoms with Gasteiger partial charge in [-0.25, -0.2) is 14.8 Å². The number of carbonyl (C=O) groups excluding carboxylic acids is 1. The molecule has 1 atom stereocenters. The molecule has 1 amide bonds. The van der Waals surface area contributed by atoms with Crippen LogP contribution in [0.15, 0.2) is 12.4 Å². The van der Waals surface area contributed by atoms with E-state index in [4.69, 9.17) is 4.74 Å². The molecule has 0 radical (unpaired) electrons. The van der Waals surface area contributed by atoms with Crippen molar-refractivity contribution in [3.05, 3.63) is 12.4 Å². The Morgan fingerprint density at radius 3 is 2.84 bits per heavy atom. The van der Waals surface area contributed by atoms with Gasteiger partial charge in [0.25, 0.3) is 0 Å². The molecule has 1 aliphatic heterocycles. The van der Waals surface area contributed by atoms with Crippen LogP contribution >= 0.6 is 0 Å². The summed E-state index contributed by atoms with van der Waals surface area (Å²) in [5.41, 5.74) is -0.464. The number of ether oxygens (including phenoxy) is 1. The molecule has 1 aromatic rings. The van der Waals surface area contributed by atoms with Crippen LogP contribution in [-0.2, 0) is 4.74 Å². The summed E-state index contributed by atoms with van der Waals surface area (Å²) in [6, 6.07) is 2.61. The van der Waals surface area contributed by atoms with Crippen molar-refractivity contribution in [2.75, 3.05) is 29.9 Å². The van der Waals surface area contributed by atoms with Crippen LogP contribution in [0.3, 0.4) is 0 Å². The van der Waals surface area contributed by atoms with Gasteiger partial charge in [-0.2, -0.15) is 0 Å². The van der Waals surface area contributed by atoms with Crippen molar-refractivity contribution >= 4 is 17.7 Å². The van der Waals surface area contributed by atoms with Crippen molar-refractivity contribution in [1.82, 2.24) is 15.3 Å². The Morgan fingerprint density at radius 2 is 2.12 bits per heavy atom. The van der Waals surface area contributed by atoms with E-state index in [1.165, 1.54) is 12.8 Å². The monoisotopic (exact) mass is 347 g/mol.